The Bertz CT molecular complexity index is 973. The number of hydrogen-bond acceptors (Lipinski definition) is 1. The minimum absolute atomic E-state index is 0.615. The van der Waals surface area contributed by atoms with Crippen LogP contribution in [0.5, 0.6) is 0 Å². The van der Waals surface area contributed by atoms with Crippen molar-refractivity contribution in [3.05, 3.63) is 77.0 Å². The molecule has 4 aromatic rings. The lowest BCUT2D eigenvalue weighted by molar-refractivity contribution is 1.31. The molecule has 2 aromatic heterocycles. The van der Waals surface area contributed by atoms with Gasteiger partial charge >= 0.3 is 0 Å². The fourth-order valence-electron chi connectivity index (χ4n) is 2.67. The zero-order chi connectivity index (χ0) is 16.5. The maximum Gasteiger partial charge on any atom is 0.140 e. The van der Waals surface area contributed by atoms with E-state index in [1.54, 1.807) is 12.1 Å². The minimum Gasteiger partial charge on any atom is -0.367 e. The maximum atomic E-state index is 6.41. The molecule has 0 saturated carbocycles. The fraction of sp³-hybridized carbons (Fsp3) is 0. The molecular weight excluding hydrogens is 341 g/mol. The number of imidazole rings is 1. The number of halogens is 2. The summed E-state index contributed by atoms with van der Waals surface area (Å²) in [6, 6.07) is 17.4. The first kappa shape index (κ1) is 15.1. The van der Waals surface area contributed by atoms with Crippen LogP contribution in [0.1, 0.15) is 0 Å². The lowest BCUT2D eigenvalue weighted by Gasteiger charge is -2.05. The van der Waals surface area contributed by atoms with E-state index in [0.29, 0.717) is 10.0 Å². The maximum absolute atomic E-state index is 6.41. The molecule has 0 bridgehead atoms. The lowest BCUT2D eigenvalue weighted by atomic mass is 10.1. The van der Waals surface area contributed by atoms with E-state index >= 15 is 0 Å². The molecule has 2 aromatic carbocycles. The van der Waals surface area contributed by atoms with Gasteiger partial charge in [-0.2, -0.15) is 0 Å². The summed E-state index contributed by atoms with van der Waals surface area (Å²) in [4.78, 5) is 11.2. The van der Waals surface area contributed by atoms with E-state index in [-0.39, 0.29) is 0 Å². The second-order valence-electron chi connectivity index (χ2n) is 5.40. The van der Waals surface area contributed by atoms with E-state index < -0.39 is 0 Å². The Morgan fingerprint density at radius 1 is 0.875 bits per heavy atom. The topological polar surface area (TPSA) is 44.5 Å². The van der Waals surface area contributed by atoms with Crippen molar-refractivity contribution in [2.24, 2.45) is 0 Å². The molecular formula is C19H13Cl2N3. The highest BCUT2D eigenvalue weighted by Gasteiger charge is 2.17. The Morgan fingerprint density at radius 3 is 2.46 bits per heavy atom. The summed E-state index contributed by atoms with van der Waals surface area (Å²) in [7, 11) is 0. The Labute approximate surface area is 149 Å². The summed E-state index contributed by atoms with van der Waals surface area (Å²) in [6.45, 7) is 0. The van der Waals surface area contributed by atoms with E-state index in [9.17, 15) is 0 Å². The molecule has 2 N–H and O–H groups in total. The number of aromatic nitrogens is 3. The van der Waals surface area contributed by atoms with Crippen molar-refractivity contribution in [2.45, 2.75) is 0 Å². The van der Waals surface area contributed by atoms with Crippen molar-refractivity contribution in [2.75, 3.05) is 0 Å². The van der Waals surface area contributed by atoms with E-state index in [1.165, 1.54) is 0 Å². The van der Waals surface area contributed by atoms with Crippen molar-refractivity contribution in [3.8, 4) is 33.9 Å². The smallest absolute Gasteiger partial charge is 0.140 e. The number of nitrogens with zero attached hydrogens (tertiary/aromatic N) is 1. The van der Waals surface area contributed by atoms with Crippen LogP contribution in [0.15, 0.2) is 67.0 Å². The summed E-state index contributed by atoms with van der Waals surface area (Å²) in [5.41, 5.74) is 4.52. The number of aromatic amines is 2. The summed E-state index contributed by atoms with van der Waals surface area (Å²) in [5, 5.41) is 1.24. The highest BCUT2D eigenvalue weighted by Crippen LogP contribution is 2.37. The normalized spacial score (nSPS) is 10.9. The molecule has 5 heteroatoms. The van der Waals surface area contributed by atoms with Gasteiger partial charge in [-0.1, -0.05) is 53.5 Å². The van der Waals surface area contributed by atoms with Gasteiger partial charge in [0.2, 0.25) is 0 Å². The van der Waals surface area contributed by atoms with Crippen molar-refractivity contribution < 1.29 is 0 Å². The largest absolute Gasteiger partial charge is 0.367 e. The van der Waals surface area contributed by atoms with Crippen LogP contribution in [0.2, 0.25) is 10.0 Å². The highest BCUT2D eigenvalue weighted by molar-refractivity contribution is 6.35. The third-order valence-electron chi connectivity index (χ3n) is 3.82. The van der Waals surface area contributed by atoms with Gasteiger partial charge in [-0.25, -0.2) is 4.98 Å². The zero-order valence-corrected chi connectivity index (χ0v) is 14.1. The van der Waals surface area contributed by atoms with Crippen LogP contribution in [0.4, 0.5) is 0 Å². The first-order valence-corrected chi connectivity index (χ1v) is 8.22. The van der Waals surface area contributed by atoms with Crippen molar-refractivity contribution in [3.63, 3.8) is 0 Å². The van der Waals surface area contributed by atoms with Crippen LogP contribution in [0.3, 0.4) is 0 Å². The van der Waals surface area contributed by atoms with E-state index in [0.717, 1.165) is 33.9 Å². The van der Waals surface area contributed by atoms with Gasteiger partial charge in [-0.3, -0.25) is 0 Å². The van der Waals surface area contributed by atoms with Crippen molar-refractivity contribution in [1.29, 1.82) is 0 Å². The van der Waals surface area contributed by atoms with Gasteiger partial charge in [-0.15, -0.1) is 0 Å². The van der Waals surface area contributed by atoms with Crippen LogP contribution >= 0.6 is 23.2 Å². The number of benzene rings is 2. The fourth-order valence-corrected chi connectivity index (χ4v) is 3.05. The van der Waals surface area contributed by atoms with Crippen molar-refractivity contribution in [1.82, 2.24) is 15.0 Å². The van der Waals surface area contributed by atoms with Gasteiger partial charge in [0.1, 0.15) is 5.82 Å². The Hall–Kier alpha value is -2.49. The van der Waals surface area contributed by atoms with Crippen molar-refractivity contribution >= 4 is 23.2 Å². The molecule has 3 nitrogen and oxygen atoms in total. The van der Waals surface area contributed by atoms with Crippen LogP contribution in [-0.4, -0.2) is 15.0 Å². The summed E-state index contributed by atoms with van der Waals surface area (Å²) in [5.74, 6) is 0.779. The zero-order valence-electron chi connectivity index (χ0n) is 12.6. The third kappa shape index (κ3) is 2.73. The second-order valence-corrected chi connectivity index (χ2v) is 6.24. The quantitative estimate of drug-likeness (QED) is 0.462. The molecule has 0 spiro atoms. The number of H-pyrrole nitrogens is 2. The molecule has 0 aliphatic rings. The first-order chi connectivity index (χ1) is 11.7. The molecule has 0 aliphatic heterocycles. The number of rotatable bonds is 3. The van der Waals surface area contributed by atoms with E-state index in [2.05, 4.69) is 9.97 Å². The molecule has 24 heavy (non-hydrogen) atoms. The van der Waals surface area contributed by atoms with Gasteiger partial charge in [0.15, 0.2) is 0 Å². The molecule has 0 fully saturated rings. The SMILES string of the molecule is Clc1ccc(Cl)c(-c2nc(-c3cc[nH]c3)[nH]c2-c2ccccc2)c1. The van der Waals surface area contributed by atoms with Crippen LogP contribution in [0, 0.1) is 0 Å². The van der Waals surface area contributed by atoms with Crippen LogP contribution in [0.25, 0.3) is 33.9 Å². The molecule has 4 rings (SSSR count). The third-order valence-corrected chi connectivity index (χ3v) is 4.39. The lowest BCUT2D eigenvalue weighted by Crippen LogP contribution is -1.85. The molecule has 0 atom stereocenters. The van der Waals surface area contributed by atoms with Crippen LogP contribution < -0.4 is 0 Å². The molecule has 0 saturated heterocycles. The minimum atomic E-state index is 0.615. The average Bonchev–Trinajstić information content (AvgIpc) is 3.27. The Kier molecular flexibility index (Phi) is 3.89. The summed E-state index contributed by atoms with van der Waals surface area (Å²) in [6.07, 6.45) is 3.77. The predicted molar refractivity (Wildman–Crippen MR) is 99.3 cm³/mol. The van der Waals surface area contributed by atoms with E-state index in [1.807, 2.05) is 54.9 Å². The monoisotopic (exact) mass is 353 g/mol. The number of nitrogens with one attached hydrogen (secondary N) is 2. The predicted octanol–water partition coefficient (Wildman–Crippen LogP) is 6.05. The molecule has 2 heterocycles. The Balaban J connectivity index is 1.96. The van der Waals surface area contributed by atoms with Gasteiger partial charge in [0.25, 0.3) is 0 Å². The summed E-state index contributed by atoms with van der Waals surface area (Å²) < 4.78 is 0. The highest BCUT2D eigenvalue weighted by atomic mass is 35.5. The van der Waals surface area contributed by atoms with Gasteiger partial charge < -0.3 is 9.97 Å². The van der Waals surface area contributed by atoms with Crippen LogP contribution in [-0.2, 0) is 0 Å². The standard InChI is InChI=1S/C19H13Cl2N3/c20-14-6-7-16(21)15(10-14)18-17(12-4-2-1-3-5-12)23-19(24-18)13-8-9-22-11-13/h1-11,22H,(H,23,24). The summed E-state index contributed by atoms with van der Waals surface area (Å²) >= 11 is 12.6. The average molecular weight is 354 g/mol. The molecule has 0 aliphatic carbocycles. The van der Waals surface area contributed by atoms with Gasteiger partial charge in [-0.05, 0) is 24.3 Å². The first-order valence-electron chi connectivity index (χ1n) is 7.46. The Morgan fingerprint density at radius 2 is 1.71 bits per heavy atom. The molecule has 0 amide bonds. The van der Waals surface area contributed by atoms with E-state index in [4.69, 9.17) is 28.2 Å². The number of hydrogen-bond donors (Lipinski definition) is 2. The molecule has 0 unspecified atom stereocenters. The molecule has 118 valence electrons. The van der Waals surface area contributed by atoms with Gasteiger partial charge in [0.05, 0.1) is 16.4 Å². The second kappa shape index (κ2) is 6.19. The molecule has 0 radical (unpaired) electrons. The van der Waals surface area contributed by atoms with Gasteiger partial charge in [0, 0.05) is 34.1 Å².